The van der Waals surface area contributed by atoms with E-state index in [0.717, 1.165) is 23.9 Å². The molecule has 1 aromatic carbocycles. The van der Waals surface area contributed by atoms with Crippen LogP contribution < -0.4 is 0 Å². The first kappa shape index (κ1) is 13.9. The molecule has 0 N–H and O–H groups in total. The van der Waals surface area contributed by atoms with Crippen LogP contribution >= 0.6 is 15.9 Å². The largest absolute Gasteiger partial charge is 0.444 e. The monoisotopic (exact) mass is 337 g/mol. The number of ether oxygens (including phenoxy) is 1. The summed E-state index contributed by atoms with van der Waals surface area (Å²) >= 11 is 3.55. The highest BCUT2D eigenvalue weighted by Gasteiger charge is 2.50. The molecule has 1 aromatic rings. The van der Waals surface area contributed by atoms with E-state index in [0.29, 0.717) is 6.54 Å². The summed E-state index contributed by atoms with van der Waals surface area (Å²) in [5.74, 6) is 0. The summed E-state index contributed by atoms with van der Waals surface area (Å²) in [6.07, 6.45) is 2.13. The summed E-state index contributed by atoms with van der Waals surface area (Å²) in [5, 5.41) is 0. The number of nitrogens with zero attached hydrogens (tertiary/aromatic N) is 1. The van der Waals surface area contributed by atoms with Gasteiger partial charge >= 0.3 is 6.09 Å². The number of benzene rings is 1. The number of amides is 1. The van der Waals surface area contributed by atoms with Gasteiger partial charge in [-0.25, -0.2) is 4.79 Å². The Kier molecular flexibility index (Phi) is 3.12. The first-order valence-electron chi connectivity index (χ1n) is 7.06. The maximum absolute atomic E-state index is 12.3. The lowest BCUT2D eigenvalue weighted by Crippen LogP contribution is -2.44. The lowest BCUT2D eigenvalue weighted by molar-refractivity contribution is 0.0197. The first-order valence-corrected chi connectivity index (χ1v) is 7.85. The van der Waals surface area contributed by atoms with Gasteiger partial charge in [0.05, 0.1) is 0 Å². The maximum atomic E-state index is 12.3. The number of hydrogen-bond acceptors (Lipinski definition) is 2. The van der Waals surface area contributed by atoms with E-state index in [1.165, 1.54) is 11.1 Å². The van der Waals surface area contributed by atoms with E-state index < -0.39 is 5.60 Å². The van der Waals surface area contributed by atoms with Gasteiger partial charge in [-0.05, 0) is 56.9 Å². The van der Waals surface area contributed by atoms with Crippen LogP contribution in [0.25, 0.3) is 0 Å². The van der Waals surface area contributed by atoms with Crippen LogP contribution in [0.3, 0.4) is 0 Å². The molecule has 108 valence electrons. The molecule has 4 heteroatoms. The molecular formula is C16H20BrNO2. The van der Waals surface area contributed by atoms with Crippen LogP contribution in [0.1, 0.15) is 44.7 Å². The molecule has 2 aliphatic rings. The molecule has 1 aliphatic heterocycles. The predicted molar refractivity (Wildman–Crippen MR) is 81.7 cm³/mol. The van der Waals surface area contributed by atoms with Gasteiger partial charge < -0.3 is 9.64 Å². The normalized spacial score (nSPS) is 19.7. The second-order valence-corrected chi connectivity index (χ2v) is 7.83. The smallest absolute Gasteiger partial charge is 0.410 e. The molecule has 20 heavy (non-hydrogen) atoms. The van der Waals surface area contributed by atoms with Crippen LogP contribution in [0, 0.1) is 0 Å². The summed E-state index contributed by atoms with van der Waals surface area (Å²) < 4.78 is 6.63. The number of halogens is 1. The molecule has 1 aliphatic carbocycles. The summed E-state index contributed by atoms with van der Waals surface area (Å²) in [4.78, 5) is 14.2. The molecule has 3 nitrogen and oxygen atoms in total. The highest BCUT2D eigenvalue weighted by Crippen LogP contribution is 2.52. The van der Waals surface area contributed by atoms with E-state index in [2.05, 4.69) is 28.1 Å². The van der Waals surface area contributed by atoms with Crippen LogP contribution in [0.2, 0.25) is 0 Å². The third-order valence-corrected chi connectivity index (χ3v) is 4.50. The van der Waals surface area contributed by atoms with Gasteiger partial charge in [0, 0.05) is 23.0 Å². The summed E-state index contributed by atoms with van der Waals surface area (Å²) in [5.41, 5.74) is 2.40. The zero-order chi connectivity index (χ0) is 14.5. The van der Waals surface area contributed by atoms with Gasteiger partial charge in [0.2, 0.25) is 0 Å². The SMILES string of the molecule is CC(C)(C)OC(=O)N1Cc2ccc(Br)cc2C2(CC2)C1. The van der Waals surface area contributed by atoms with Crippen molar-refractivity contribution in [1.29, 1.82) is 0 Å². The van der Waals surface area contributed by atoms with Gasteiger partial charge in [-0.2, -0.15) is 0 Å². The van der Waals surface area contributed by atoms with Gasteiger partial charge in [-0.3, -0.25) is 0 Å². The second kappa shape index (κ2) is 4.48. The minimum absolute atomic E-state index is 0.175. The lowest BCUT2D eigenvalue weighted by atomic mass is 9.87. The van der Waals surface area contributed by atoms with Crippen LogP contribution in [-0.4, -0.2) is 23.1 Å². The van der Waals surface area contributed by atoms with Gasteiger partial charge in [0.15, 0.2) is 0 Å². The van der Waals surface area contributed by atoms with Gasteiger partial charge in [0.25, 0.3) is 0 Å². The van der Waals surface area contributed by atoms with Crippen LogP contribution in [0.4, 0.5) is 4.79 Å². The van der Waals surface area contributed by atoms with E-state index in [-0.39, 0.29) is 11.5 Å². The molecule has 0 unspecified atom stereocenters. The van der Waals surface area contributed by atoms with Crippen LogP contribution in [0.15, 0.2) is 22.7 Å². The van der Waals surface area contributed by atoms with E-state index >= 15 is 0 Å². The molecular weight excluding hydrogens is 318 g/mol. The van der Waals surface area contributed by atoms with Crippen LogP contribution in [-0.2, 0) is 16.7 Å². The minimum atomic E-state index is -0.437. The molecule has 1 amide bonds. The Morgan fingerprint density at radius 3 is 2.65 bits per heavy atom. The van der Waals surface area contributed by atoms with Gasteiger partial charge in [-0.15, -0.1) is 0 Å². The summed E-state index contributed by atoms with van der Waals surface area (Å²) in [7, 11) is 0. The molecule has 0 bridgehead atoms. The Morgan fingerprint density at radius 1 is 1.35 bits per heavy atom. The summed E-state index contributed by atoms with van der Waals surface area (Å²) in [6, 6.07) is 6.39. The van der Waals surface area contributed by atoms with Crippen molar-refractivity contribution in [2.75, 3.05) is 6.54 Å². The average Bonchev–Trinajstić information content (AvgIpc) is 3.08. The molecule has 1 saturated carbocycles. The average molecular weight is 338 g/mol. The van der Waals surface area contributed by atoms with E-state index in [1.807, 2.05) is 31.7 Å². The van der Waals surface area contributed by atoms with Crippen molar-refractivity contribution in [2.24, 2.45) is 0 Å². The number of carbonyl (C=O) groups is 1. The third kappa shape index (κ3) is 2.58. The van der Waals surface area contributed by atoms with Crippen molar-refractivity contribution in [2.45, 2.75) is 51.2 Å². The minimum Gasteiger partial charge on any atom is -0.444 e. The van der Waals surface area contributed by atoms with Crippen molar-refractivity contribution in [1.82, 2.24) is 4.90 Å². The van der Waals surface area contributed by atoms with Crippen molar-refractivity contribution < 1.29 is 9.53 Å². The topological polar surface area (TPSA) is 29.5 Å². The first-order chi connectivity index (χ1) is 9.29. The van der Waals surface area contributed by atoms with Crippen molar-refractivity contribution >= 4 is 22.0 Å². The van der Waals surface area contributed by atoms with E-state index in [9.17, 15) is 4.79 Å². The van der Waals surface area contributed by atoms with Gasteiger partial charge in [-0.1, -0.05) is 22.0 Å². The molecule has 1 fully saturated rings. The highest BCUT2D eigenvalue weighted by atomic mass is 79.9. The predicted octanol–water partition coefficient (Wildman–Crippen LogP) is 4.23. The van der Waals surface area contributed by atoms with E-state index in [4.69, 9.17) is 4.74 Å². The van der Waals surface area contributed by atoms with Crippen LogP contribution in [0.5, 0.6) is 0 Å². The maximum Gasteiger partial charge on any atom is 0.410 e. The molecule has 0 saturated heterocycles. The second-order valence-electron chi connectivity index (χ2n) is 6.92. The van der Waals surface area contributed by atoms with Gasteiger partial charge in [0.1, 0.15) is 5.60 Å². The van der Waals surface area contributed by atoms with Crippen molar-refractivity contribution in [3.8, 4) is 0 Å². The molecule has 3 rings (SSSR count). The van der Waals surface area contributed by atoms with Crippen molar-refractivity contribution in [3.63, 3.8) is 0 Å². The zero-order valence-electron chi connectivity index (χ0n) is 12.2. The standard InChI is InChI=1S/C16H20BrNO2/c1-15(2,3)20-14(19)18-9-11-4-5-12(17)8-13(11)16(10-18)6-7-16/h4-5,8H,6-7,9-10H2,1-3H3. The number of rotatable bonds is 0. The molecule has 0 atom stereocenters. The Bertz CT molecular complexity index is 558. The third-order valence-electron chi connectivity index (χ3n) is 4.00. The Morgan fingerprint density at radius 2 is 2.05 bits per heavy atom. The van der Waals surface area contributed by atoms with Crippen molar-refractivity contribution in [3.05, 3.63) is 33.8 Å². The molecule has 1 spiro atoms. The number of hydrogen-bond donors (Lipinski definition) is 0. The molecule has 0 aromatic heterocycles. The Balaban J connectivity index is 1.86. The number of carbonyl (C=O) groups excluding carboxylic acids is 1. The number of fused-ring (bicyclic) bond motifs is 2. The Hall–Kier alpha value is -1.03. The Labute approximate surface area is 128 Å². The zero-order valence-corrected chi connectivity index (χ0v) is 13.8. The molecule has 1 heterocycles. The fourth-order valence-electron chi connectivity index (χ4n) is 2.93. The quantitative estimate of drug-likeness (QED) is 0.708. The fraction of sp³-hybridized carbons (Fsp3) is 0.562. The van der Waals surface area contributed by atoms with E-state index in [1.54, 1.807) is 0 Å². The fourth-order valence-corrected chi connectivity index (χ4v) is 3.29. The lowest BCUT2D eigenvalue weighted by Gasteiger charge is -2.36. The summed E-state index contributed by atoms with van der Waals surface area (Å²) in [6.45, 7) is 7.16. The highest BCUT2D eigenvalue weighted by molar-refractivity contribution is 9.10. The molecule has 0 radical (unpaired) electrons.